The van der Waals surface area contributed by atoms with Crippen LogP contribution >= 0.6 is 0 Å². The van der Waals surface area contributed by atoms with Crippen molar-refractivity contribution in [1.82, 2.24) is 9.97 Å². The third-order valence-electron chi connectivity index (χ3n) is 6.19. The minimum Gasteiger partial charge on any atom is -0.369 e. The third kappa shape index (κ3) is 6.06. The van der Waals surface area contributed by atoms with Gasteiger partial charge in [0, 0.05) is 42.8 Å². The first-order chi connectivity index (χ1) is 16.5. The molecule has 1 saturated carbocycles. The Labute approximate surface area is 198 Å². The van der Waals surface area contributed by atoms with E-state index in [0.29, 0.717) is 30.8 Å². The summed E-state index contributed by atoms with van der Waals surface area (Å²) < 4.78 is 0. The van der Waals surface area contributed by atoms with Gasteiger partial charge < -0.3 is 16.4 Å². The second-order valence-electron chi connectivity index (χ2n) is 8.61. The first-order valence-corrected chi connectivity index (χ1v) is 11.4. The minimum atomic E-state index is -0.402. The van der Waals surface area contributed by atoms with Crippen molar-refractivity contribution in [1.29, 1.82) is 0 Å². The Morgan fingerprint density at radius 2 is 1.76 bits per heavy atom. The normalized spacial score (nSPS) is 17.6. The van der Waals surface area contributed by atoms with Crippen molar-refractivity contribution < 1.29 is 9.72 Å². The molecule has 9 nitrogen and oxygen atoms in total. The molecule has 1 aromatic heterocycles. The number of nitro benzene ring substituents is 1. The topological polar surface area (TPSA) is 136 Å². The Morgan fingerprint density at radius 1 is 1.00 bits per heavy atom. The number of nitro groups is 1. The fraction of sp³-hybridized carbons (Fsp3) is 0.320. The Kier molecular flexibility index (Phi) is 7.31. The van der Waals surface area contributed by atoms with Gasteiger partial charge in [0.1, 0.15) is 5.82 Å². The Morgan fingerprint density at radius 3 is 2.47 bits per heavy atom. The third-order valence-corrected chi connectivity index (χ3v) is 6.19. The van der Waals surface area contributed by atoms with E-state index in [0.717, 1.165) is 42.5 Å². The van der Waals surface area contributed by atoms with Gasteiger partial charge in [0.15, 0.2) is 0 Å². The number of hydrogen-bond donors (Lipinski definition) is 3. The van der Waals surface area contributed by atoms with Gasteiger partial charge in [-0.1, -0.05) is 42.5 Å². The molecule has 1 aliphatic carbocycles. The van der Waals surface area contributed by atoms with Crippen LogP contribution in [0.25, 0.3) is 11.3 Å². The lowest BCUT2D eigenvalue weighted by Crippen LogP contribution is -2.29. The van der Waals surface area contributed by atoms with E-state index in [4.69, 9.17) is 10.7 Å². The summed E-state index contributed by atoms with van der Waals surface area (Å²) in [6.07, 6.45) is 3.53. The standard InChI is InChI=1S/C25H28N6O3/c26-24(32)20-11-9-17(10-12-20)15-28-25-29-22(19-6-2-1-3-7-19)14-23(30-25)27-16-18-5-4-8-21(13-18)31(33)34/h1-8,13-14,17,20H,9-12,15-16H2,(H2,26,32)(H2,27,28,29,30). The van der Waals surface area contributed by atoms with Gasteiger partial charge in [-0.3, -0.25) is 14.9 Å². The summed E-state index contributed by atoms with van der Waals surface area (Å²) in [6, 6.07) is 18.2. The highest BCUT2D eigenvalue weighted by Gasteiger charge is 2.24. The molecule has 0 bridgehead atoms. The fourth-order valence-corrected chi connectivity index (χ4v) is 4.23. The van der Waals surface area contributed by atoms with Crippen molar-refractivity contribution in [3.8, 4) is 11.3 Å². The van der Waals surface area contributed by atoms with E-state index in [1.54, 1.807) is 12.1 Å². The highest BCUT2D eigenvalue weighted by atomic mass is 16.6. The van der Waals surface area contributed by atoms with Crippen LogP contribution in [0.3, 0.4) is 0 Å². The van der Waals surface area contributed by atoms with E-state index in [2.05, 4.69) is 15.6 Å². The van der Waals surface area contributed by atoms with E-state index < -0.39 is 4.92 Å². The quantitative estimate of drug-likeness (QED) is 0.319. The maximum absolute atomic E-state index is 11.4. The molecule has 9 heteroatoms. The molecule has 4 N–H and O–H groups in total. The lowest BCUT2D eigenvalue weighted by molar-refractivity contribution is -0.384. The van der Waals surface area contributed by atoms with Gasteiger partial charge in [0.05, 0.1) is 10.6 Å². The summed E-state index contributed by atoms with van der Waals surface area (Å²) in [7, 11) is 0. The first-order valence-electron chi connectivity index (χ1n) is 11.4. The average Bonchev–Trinajstić information content (AvgIpc) is 2.87. The number of nitrogens with zero attached hydrogens (tertiary/aromatic N) is 3. The number of carbonyl (C=O) groups excluding carboxylic acids is 1. The molecular formula is C25H28N6O3. The summed E-state index contributed by atoms with van der Waals surface area (Å²) in [5.41, 5.74) is 8.03. The summed E-state index contributed by atoms with van der Waals surface area (Å²) >= 11 is 0. The van der Waals surface area contributed by atoms with Gasteiger partial charge in [-0.05, 0) is 37.2 Å². The summed E-state index contributed by atoms with van der Waals surface area (Å²) in [6.45, 7) is 1.11. The predicted octanol–water partition coefficient (Wildman–Crippen LogP) is 4.37. The second-order valence-corrected chi connectivity index (χ2v) is 8.61. The van der Waals surface area contributed by atoms with E-state index >= 15 is 0 Å². The molecule has 0 radical (unpaired) electrons. The van der Waals surface area contributed by atoms with Gasteiger partial charge in [0.2, 0.25) is 11.9 Å². The zero-order chi connectivity index (χ0) is 23.9. The van der Waals surface area contributed by atoms with E-state index in [1.165, 1.54) is 6.07 Å². The highest BCUT2D eigenvalue weighted by Crippen LogP contribution is 2.29. The molecule has 0 saturated heterocycles. The Hall–Kier alpha value is -4.01. The molecule has 34 heavy (non-hydrogen) atoms. The van der Waals surface area contributed by atoms with Crippen molar-refractivity contribution in [3.63, 3.8) is 0 Å². The lowest BCUT2D eigenvalue weighted by Gasteiger charge is -2.26. The monoisotopic (exact) mass is 460 g/mol. The molecule has 4 rings (SSSR count). The van der Waals surface area contributed by atoms with Crippen molar-refractivity contribution in [2.24, 2.45) is 17.6 Å². The Balaban J connectivity index is 1.48. The molecule has 1 fully saturated rings. The predicted molar refractivity (Wildman–Crippen MR) is 131 cm³/mol. The number of amides is 1. The van der Waals surface area contributed by atoms with Crippen molar-refractivity contribution in [3.05, 3.63) is 76.3 Å². The van der Waals surface area contributed by atoms with Crippen LogP contribution in [0.4, 0.5) is 17.5 Å². The highest BCUT2D eigenvalue weighted by molar-refractivity contribution is 5.76. The number of anilines is 2. The van der Waals surface area contributed by atoms with E-state index in [1.807, 2.05) is 42.5 Å². The summed E-state index contributed by atoms with van der Waals surface area (Å²) in [5.74, 6) is 1.35. The number of nitrogens with one attached hydrogen (secondary N) is 2. The largest absolute Gasteiger partial charge is 0.369 e. The van der Waals surface area contributed by atoms with Gasteiger partial charge in [-0.15, -0.1) is 0 Å². The van der Waals surface area contributed by atoms with Crippen molar-refractivity contribution >= 4 is 23.4 Å². The zero-order valence-corrected chi connectivity index (χ0v) is 18.8. The van der Waals surface area contributed by atoms with Crippen LogP contribution < -0.4 is 16.4 Å². The molecule has 1 heterocycles. The number of aromatic nitrogens is 2. The lowest BCUT2D eigenvalue weighted by atomic mass is 9.82. The number of rotatable bonds is 9. The molecule has 2 aromatic carbocycles. The van der Waals surface area contributed by atoms with E-state index in [9.17, 15) is 14.9 Å². The molecule has 0 unspecified atom stereocenters. The van der Waals surface area contributed by atoms with Crippen LogP contribution in [0.5, 0.6) is 0 Å². The van der Waals surface area contributed by atoms with Crippen LogP contribution in [-0.4, -0.2) is 27.3 Å². The molecule has 1 amide bonds. The van der Waals surface area contributed by atoms with Crippen LogP contribution in [0, 0.1) is 22.0 Å². The molecule has 1 aliphatic rings. The summed E-state index contributed by atoms with van der Waals surface area (Å²) in [5, 5.41) is 17.7. The van der Waals surface area contributed by atoms with Gasteiger partial charge in [-0.25, -0.2) is 4.98 Å². The van der Waals surface area contributed by atoms with Crippen molar-refractivity contribution in [2.75, 3.05) is 17.2 Å². The molecule has 3 aromatic rings. The molecule has 176 valence electrons. The number of hydrogen-bond acceptors (Lipinski definition) is 7. The van der Waals surface area contributed by atoms with Crippen LogP contribution in [0.2, 0.25) is 0 Å². The number of primary amides is 1. The van der Waals surface area contributed by atoms with Crippen molar-refractivity contribution in [2.45, 2.75) is 32.2 Å². The second kappa shape index (κ2) is 10.7. The SMILES string of the molecule is NC(=O)C1CCC(CNc2nc(NCc3cccc([N+](=O)[O-])c3)cc(-c3ccccc3)n2)CC1. The number of nitrogens with two attached hydrogens (primary N) is 1. The van der Waals surface area contributed by atoms with Crippen LogP contribution in [-0.2, 0) is 11.3 Å². The zero-order valence-electron chi connectivity index (χ0n) is 18.8. The molecule has 0 spiro atoms. The van der Waals surface area contributed by atoms with E-state index in [-0.39, 0.29) is 17.5 Å². The fourth-order valence-electron chi connectivity index (χ4n) is 4.23. The maximum atomic E-state index is 11.4. The van der Waals surface area contributed by atoms with Gasteiger partial charge >= 0.3 is 0 Å². The molecular weight excluding hydrogens is 432 g/mol. The molecule has 0 aliphatic heterocycles. The smallest absolute Gasteiger partial charge is 0.269 e. The van der Waals surface area contributed by atoms with Gasteiger partial charge in [0.25, 0.3) is 5.69 Å². The first kappa shape index (κ1) is 23.2. The number of carbonyl (C=O) groups is 1. The molecule has 0 atom stereocenters. The van der Waals surface area contributed by atoms with Gasteiger partial charge in [-0.2, -0.15) is 4.98 Å². The average molecular weight is 461 g/mol. The number of non-ortho nitro benzene ring substituents is 1. The summed E-state index contributed by atoms with van der Waals surface area (Å²) in [4.78, 5) is 31.4. The van der Waals surface area contributed by atoms with Crippen LogP contribution in [0.1, 0.15) is 31.2 Å². The minimum absolute atomic E-state index is 0.0153. The number of benzene rings is 2. The Bertz CT molecular complexity index is 1150. The van der Waals surface area contributed by atoms with Crippen LogP contribution in [0.15, 0.2) is 60.7 Å². The maximum Gasteiger partial charge on any atom is 0.269 e.